The number of aromatic nitrogens is 1. The van der Waals surface area contributed by atoms with Gasteiger partial charge in [0.05, 0.1) is 34.6 Å². The first-order chi connectivity index (χ1) is 11.4. The third-order valence-electron chi connectivity index (χ3n) is 4.75. The van der Waals surface area contributed by atoms with E-state index in [1.807, 2.05) is 13.8 Å². The Kier molecular flexibility index (Phi) is 4.61. The lowest BCUT2D eigenvalue weighted by atomic mass is 10.1. The quantitative estimate of drug-likeness (QED) is 0.851. The summed E-state index contributed by atoms with van der Waals surface area (Å²) in [6, 6.07) is 2.50. The summed E-state index contributed by atoms with van der Waals surface area (Å²) in [6.07, 6.45) is 0. The average Bonchev–Trinajstić information content (AvgIpc) is 3.16. The number of rotatable bonds is 4. The molecule has 0 aliphatic carbocycles. The van der Waals surface area contributed by atoms with Crippen LogP contribution in [0.3, 0.4) is 0 Å². The van der Waals surface area contributed by atoms with Crippen molar-refractivity contribution in [2.24, 2.45) is 21.8 Å². The second kappa shape index (κ2) is 6.54. The molecule has 0 aromatic carbocycles. The first-order valence-electron chi connectivity index (χ1n) is 8.77. The Balaban J connectivity index is 1.96. The summed E-state index contributed by atoms with van der Waals surface area (Å²) >= 11 is 0. The predicted octanol–water partition coefficient (Wildman–Crippen LogP) is 3.30. The van der Waals surface area contributed by atoms with Gasteiger partial charge in [0.2, 0.25) is 11.8 Å². The van der Waals surface area contributed by atoms with E-state index in [-0.39, 0.29) is 12.1 Å². The monoisotopic (exact) mass is 329 g/mol. The zero-order valence-electron chi connectivity index (χ0n) is 15.5. The molecule has 0 saturated carbocycles. The summed E-state index contributed by atoms with van der Waals surface area (Å²) in [5.41, 5.74) is 3.74. The van der Waals surface area contributed by atoms with Crippen LogP contribution >= 0.6 is 0 Å². The highest BCUT2D eigenvalue weighted by atomic mass is 16.5. The molecule has 130 valence electrons. The van der Waals surface area contributed by atoms with Crippen molar-refractivity contribution in [2.75, 3.05) is 13.2 Å². The summed E-state index contributed by atoms with van der Waals surface area (Å²) in [7, 11) is 0. The van der Waals surface area contributed by atoms with Gasteiger partial charge in [0.15, 0.2) is 0 Å². The Bertz CT molecular complexity index is 637. The number of hydrogen-bond donors (Lipinski definition) is 0. The van der Waals surface area contributed by atoms with E-state index < -0.39 is 0 Å². The number of aliphatic imine (C=N–C) groups is 2. The van der Waals surface area contributed by atoms with Gasteiger partial charge in [-0.25, -0.2) is 9.98 Å². The van der Waals surface area contributed by atoms with Gasteiger partial charge < -0.3 is 9.47 Å². The number of hydrogen-bond acceptors (Lipinski definition) is 5. The van der Waals surface area contributed by atoms with Crippen LogP contribution in [0.5, 0.6) is 0 Å². The molecule has 0 spiro atoms. The highest BCUT2D eigenvalue weighted by molar-refractivity contribution is 6.01. The summed E-state index contributed by atoms with van der Waals surface area (Å²) in [5.74, 6) is 2.32. The molecule has 0 bridgehead atoms. The van der Waals surface area contributed by atoms with Gasteiger partial charge in [-0.05, 0) is 31.7 Å². The van der Waals surface area contributed by atoms with Crippen molar-refractivity contribution >= 4 is 11.8 Å². The third kappa shape index (κ3) is 3.17. The third-order valence-corrected chi connectivity index (χ3v) is 4.75. The van der Waals surface area contributed by atoms with E-state index in [0.717, 1.165) is 22.5 Å². The van der Waals surface area contributed by atoms with Crippen LogP contribution in [0.25, 0.3) is 0 Å². The van der Waals surface area contributed by atoms with E-state index >= 15 is 0 Å². The smallest absolute Gasteiger partial charge is 0.218 e. The van der Waals surface area contributed by atoms with Crippen LogP contribution < -0.4 is 0 Å². The Labute approximate surface area is 144 Å². The van der Waals surface area contributed by atoms with Gasteiger partial charge in [0.1, 0.15) is 13.2 Å². The molecule has 5 nitrogen and oxygen atoms in total. The van der Waals surface area contributed by atoms with Gasteiger partial charge in [-0.2, -0.15) is 0 Å². The van der Waals surface area contributed by atoms with Crippen molar-refractivity contribution in [3.05, 3.63) is 28.6 Å². The molecule has 2 aliphatic heterocycles. The van der Waals surface area contributed by atoms with Crippen LogP contribution in [0, 0.1) is 25.7 Å². The highest BCUT2D eigenvalue weighted by Crippen LogP contribution is 2.24. The van der Waals surface area contributed by atoms with Crippen molar-refractivity contribution < 1.29 is 9.47 Å². The molecule has 0 fully saturated rings. The van der Waals surface area contributed by atoms with Crippen LogP contribution in [0.15, 0.2) is 16.1 Å². The van der Waals surface area contributed by atoms with Crippen molar-refractivity contribution in [2.45, 2.75) is 53.6 Å². The molecule has 0 unspecified atom stereocenters. The summed E-state index contributed by atoms with van der Waals surface area (Å²) in [4.78, 5) is 14.1. The molecule has 1 aromatic heterocycles. The first-order valence-corrected chi connectivity index (χ1v) is 8.77. The van der Waals surface area contributed by atoms with Crippen LogP contribution in [-0.2, 0) is 9.47 Å². The van der Waals surface area contributed by atoms with E-state index in [0.29, 0.717) is 36.8 Å². The lowest BCUT2D eigenvalue weighted by molar-refractivity contribution is 0.291. The molecule has 0 radical (unpaired) electrons. The van der Waals surface area contributed by atoms with Crippen LogP contribution in [0.4, 0.5) is 0 Å². The lowest BCUT2D eigenvalue weighted by Gasteiger charge is -2.11. The minimum absolute atomic E-state index is 0.217. The number of pyridine rings is 1. The maximum absolute atomic E-state index is 5.84. The topological polar surface area (TPSA) is 56.1 Å². The maximum atomic E-state index is 5.84. The summed E-state index contributed by atoms with van der Waals surface area (Å²) in [6.45, 7) is 13.9. The Hall–Kier alpha value is -1.91. The highest BCUT2D eigenvalue weighted by Gasteiger charge is 2.28. The minimum atomic E-state index is 0.217. The van der Waals surface area contributed by atoms with Crippen molar-refractivity contribution in [1.82, 2.24) is 4.98 Å². The van der Waals surface area contributed by atoms with Gasteiger partial charge in [0, 0.05) is 0 Å². The molecule has 0 amide bonds. The van der Waals surface area contributed by atoms with Crippen molar-refractivity contribution in [3.8, 4) is 0 Å². The van der Waals surface area contributed by atoms with Gasteiger partial charge in [-0.15, -0.1) is 0 Å². The molecule has 2 atom stereocenters. The normalized spacial score (nSPS) is 23.3. The Morgan fingerprint density at radius 2 is 1.25 bits per heavy atom. The first kappa shape index (κ1) is 16.9. The van der Waals surface area contributed by atoms with Crippen molar-refractivity contribution in [3.63, 3.8) is 0 Å². The van der Waals surface area contributed by atoms with Crippen LogP contribution in [-0.4, -0.2) is 42.1 Å². The summed E-state index contributed by atoms with van der Waals surface area (Å²) in [5, 5.41) is 0. The predicted molar refractivity (Wildman–Crippen MR) is 95.9 cm³/mol. The molecular weight excluding hydrogens is 302 g/mol. The van der Waals surface area contributed by atoms with Crippen molar-refractivity contribution in [1.29, 1.82) is 0 Å². The fourth-order valence-corrected chi connectivity index (χ4v) is 2.91. The van der Waals surface area contributed by atoms with E-state index in [4.69, 9.17) is 19.5 Å². The molecular formula is C19H27N3O2. The number of ether oxygens (including phenoxy) is 2. The molecule has 5 heteroatoms. The number of nitrogens with zero attached hydrogens (tertiary/aromatic N) is 3. The second-order valence-electron chi connectivity index (χ2n) is 7.37. The zero-order chi connectivity index (χ0) is 17.4. The largest absolute Gasteiger partial charge is 0.475 e. The Morgan fingerprint density at radius 3 is 1.58 bits per heavy atom. The Morgan fingerprint density at radius 1 is 0.833 bits per heavy atom. The molecule has 3 heterocycles. The van der Waals surface area contributed by atoms with Gasteiger partial charge in [0.25, 0.3) is 0 Å². The van der Waals surface area contributed by atoms with E-state index in [9.17, 15) is 0 Å². The molecule has 3 rings (SSSR count). The second-order valence-corrected chi connectivity index (χ2v) is 7.37. The van der Waals surface area contributed by atoms with E-state index in [1.54, 1.807) is 0 Å². The maximum Gasteiger partial charge on any atom is 0.218 e. The average molecular weight is 329 g/mol. The molecule has 0 N–H and O–H groups in total. The minimum Gasteiger partial charge on any atom is -0.475 e. The fourth-order valence-electron chi connectivity index (χ4n) is 2.91. The SMILES string of the molecule is Cc1nc(C)c(C2=N[C@@H](C(C)C)CO2)cc1C1=N[C@@H](C(C)C)CO1. The van der Waals surface area contributed by atoms with Crippen LogP contribution in [0.2, 0.25) is 0 Å². The molecule has 2 aliphatic rings. The fraction of sp³-hybridized carbons (Fsp3) is 0.632. The van der Waals surface area contributed by atoms with Gasteiger partial charge in [-0.1, -0.05) is 27.7 Å². The lowest BCUT2D eigenvalue weighted by Crippen LogP contribution is -2.13. The molecule has 0 saturated heterocycles. The standard InChI is InChI=1S/C19H27N3O2/c1-10(2)16-8-23-18(21-16)14-7-15(13(6)20-12(14)5)19-22-17(9-24-19)11(3)4/h7,10-11,16-17H,8-9H2,1-6H3/t16-,17-/m1/s1. The molecule has 24 heavy (non-hydrogen) atoms. The molecule has 1 aromatic rings. The van der Waals surface area contributed by atoms with E-state index in [1.165, 1.54) is 0 Å². The zero-order valence-corrected chi connectivity index (χ0v) is 15.5. The van der Waals surface area contributed by atoms with Crippen LogP contribution in [0.1, 0.15) is 50.2 Å². The number of aryl methyl sites for hydroxylation is 2. The van der Waals surface area contributed by atoms with Gasteiger partial charge >= 0.3 is 0 Å². The van der Waals surface area contributed by atoms with Gasteiger partial charge in [-0.3, -0.25) is 4.98 Å². The summed E-state index contributed by atoms with van der Waals surface area (Å²) < 4.78 is 11.7. The van der Waals surface area contributed by atoms with E-state index in [2.05, 4.69) is 38.7 Å².